The number of anilines is 2. The summed E-state index contributed by atoms with van der Waals surface area (Å²) < 4.78 is 1.80. The molecule has 74 valence electrons. The highest BCUT2D eigenvalue weighted by atomic mass is 15.4. The molecule has 0 unspecified atom stereocenters. The van der Waals surface area contributed by atoms with E-state index in [2.05, 4.69) is 20.3 Å². The smallest absolute Gasteiger partial charge is 0.226 e. The Kier molecular flexibility index (Phi) is 1.95. The van der Waals surface area contributed by atoms with Gasteiger partial charge in [-0.15, -0.1) is 0 Å². The third-order valence-corrected chi connectivity index (χ3v) is 2.04. The summed E-state index contributed by atoms with van der Waals surface area (Å²) in [5.74, 6) is 1.67. The fraction of sp³-hybridized carbons (Fsp3) is 0.375. The SMILES string of the molecule is Cc1cc(N(C)c2ncn[nH]2)n(C)n1. The maximum absolute atomic E-state index is 4.25. The topological polar surface area (TPSA) is 62.6 Å². The number of H-pyrrole nitrogens is 1. The molecule has 0 atom stereocenters. The molecule has 2 aromatic heterocycles. The lowest BCUT2D eigenvalue weighted by Crippen LogP contribution is -2.14. The van der Waals surface area contributed by atoms with Crippen molar-refractivity contribution in [3.63, 3.8) is 0 Å². The third-order valence-electron chi connectivity index (χ3n) is 2.04. The predicted octanol–water partition coefficient (Wildman–Crippen LogP) is 0.615. The minimum atomic E-state index is 0.702. The molecule has 0 spiro atoms. The van der Waals surface area contributed by atoms with Gasteiger partial charge in [-0.05, 0) is 6.92 Å². The molecule has 0 bridgehead atoms. The molecule has 6 nitrogen and oxygen atoms in total. The first-order valence-electron chi connectivity index (χ1n) is 4.28. The number of nitrogens with zero attached hydrogens (tertiary/aromatic N) is 5. The van der Waals surface area contributed by atoms with Crippen molar-refractivity contribution in [2.75, 3.05) is 11.9 Å². The lowest BCUT2D eigenvalue weighted by atomic mass is 10.4. The van der Waals surface area contributed by atoms with Gasteiger partial charge in [0.1, 0.15) is 12.1 Å². The van der Waals surface area contributed by atoms with Crippen LogP contribution < -0.4 is 4.90 Å². The Morgan fingerprint density at radius 3 is 2.79 bits per heavy atom. The Morgan fingerprint density at radius 1 is 1.50 bits per heavy atom. The molecule has 2 rings (SSSR count). The van der Waals surface area contributed by atoms with E-state index < -0.39 is 0 Å². The van der Waals surface area contributed by atoms with Gasteiger partial charge in [-0.25, -0.2) is 5.10 Å². The first-order valence-corrected chi connectivity index (χ1v) is 4.28. The molecule has 0 saturated heterocycles. The van der Waals surface area contributed by atoms with E-state index in [0.29, 0.717) is 5.95 Å². The third kappa shape index (κ3) is 1.34. The van der Waals surface area contributed by atoms with Gasteiger partial charge in [0.15, 0.2) is 0 Å². The van der Waals surface area contributed by atoms with Crippen LogP contribution in [0.5, 0.6) is 0 Å². The van der Waals surface area contributed by atoms with Gasteiger partial charge in [0, 0.05) is 20.2 Å². The first-order chi connectivity index (χ1) is 6.68. The predicted molar refractivity (Wildman–Crippen MR) is 52.4 cm³/mol. The van der Waals surface area contributed by atoms with Crippen molar-refractivity contribution < 1.29 is 0 Å². The van der Waals surface area contributed by atoms with Crippen LogP contribution in [-0.4, -0.2) is 32.0 Å². The zero-order valence-corrected chi connectivity index (χ0v) is 8.39. The van der Waals surface area contributed by atoms with E-state index in [0.717, 1.165) is 11.5 Å². The van der Waals surface area contributed by atoms with Crippen LogP contribution >= 0.6 is 0 Å². The molecule has 6 heteroatoms. The van der Waals surface area contributed by atoms with Crippen molar-refractivity contribution in [2.45, 2.75) is 6.92 Å². The minimum absolute atomic E-state index is 0.702. The van der Waals surface area contributed by atoms with Crippen LogP contribution in [0.25, 0.3) is 0 Å². The Hall–Kier alpha value is -1.85. The van der Waals surface area contributed by atoms with Crippen LogP contribution in [0.2, 0.25) is 0 Å². The molecule has 0 aliphatic carbocycles. The molecule has 0 fully saturated rings. The summed E-state index contributed by atoms with van der Waals surface area (Å²) in [6.07, 6.45) is 1.48. The van der Waals surface area contributed by atoms with Crippen LogP contribution in [-0.2, 0) is 7.05 Å². The molecule has 0 amide bonds. The van der Waals surface area contributed by atoms with Gasteiger partial charge >= 0.3 is 0 Å². The van der Waals surface area contributed by atoms with E-state index >= 15 is 0 Å². The van der Waals surface area contributed by atoms with E-state index in [4.69, 9.17) is 0 Å². The van der Waals surface area contributed by atoms with Crippen molar-refractivity contribution >= 4 is 11.8 Å². The fourth-order valence-electron chi connectivity index (χ4n) is 1.38. The lowest BCUT2D eigenvalue weighted by molar-refractivity contribution is 0.747. The average Bonchev–Trinajstić information content (AvgIpc) is 2.73. The van der Waals surface area contributed by atoms with E-state index in [9.17, 15) is 0 Å². The molecule has 2 aromatic rings. The summed E-state index contributed by atoms with van der Waals surface area (Å²) in [6, 6.07) is 1.99. The van der Waals surface area contributed by atoms with E-state index in [1.165, 1.54) is 6.33 Å². The van der Waals surface area contributed by atoms with Crippen LogP contribution in [0.3, 0.4) is 0 Å². The van der Waals surface area contributed by atoms with Crippen molar-refractivity contribution in [2.24, 2.45) is 7.05 Å². The number of aromatic nitrogens is 5. The quantitative estimate of drug-likeness (QED) is 0.757. The molecular formula is C8H12N6. The fourth-order valence-corrected chi connectivity index (χ4v) is 1.38. The van der Waals surface area contributed by atoms with Gasteiger partial charge in [0.05, 0.1) is 5.69 Å². The molecule has 2 heterocycles. The Morgan fingerprint density at radius 2 is 2.29 bits per heavy atom. The van der Waals surface area contributed by atoms with Gasteiger partial charge in [-0.3, -0.25) is 9.58 Å². The Balaban J connectivity index is 2.36. The number of nitrogens with one attached hydrogen (secondary N) is 1. The second-order valence-corrected chi connectivity index (χ2v) is 3.14. The summed E-state index contributed by atoms with van der Waals surface area (Å²) in [6.45, 7) is 1.96. The number of hydrogen-bond acceptors (Lipinski definition) is 4. The first kappa shape index (κ1) is 8.74. The van der Waals surface area contributed by atoms with Gasteiger partial charge in [-0.2, -0.15) is 15.2 Å². The monoisotopic (exact) mass is 192 g/mol. The molecule has 0 aliphatic heterocycles. The lowest BCUT2D eigenvalue weighted by Gasteiger charge is -2.14. The summed E-state index contributed by atoms with van der Waals surface area (Å²) in [5, 5.41) is 10.8. The number of rotatable bonds is 2. The van der Waals surface area contributed by atoms with E-state index in [-0.39, 0.29) is 0 Å². The number of aryl methyl sites for hydroxylation is 2. The zero-order valence-electron chi connectivity index (χ0n) is 8.39. The highest BCUT2D eigenvalue weighted by molar-refractivity contribution is 5.51. The van der Waals surface area contributed by atoms with Gasteiger partial charge in [0.25, 0.3) is 0 Å². The second kappa shape index (κ2) is 3.13. The summed E-state index contributed by atoms with van der Waals surface area (Å²) >= 11 is 0. The summed E-state index contributed by atoms with van der Waals surface area (Å²) in [5.41, 5.74) is 0.980. The number of hydrogen-bond donors (Lipinski definition) is 1. The van der Waals surface area contributed by atoms with Crippen LogP contribution in [0.15, 0.2) is 12.4 Å². The zero-order chi connectivity index (χ0) is 10.1. The highest BCUT2D eigenvalue weighted by Gasteiger charge is 2.10. The highest BCUT2D eigenvalue weighted by Crippen LogP contribution is 2.18. The summed E-state index contributed by atoms with van der Waals surface area (Å²) in [4.78, 5) is 5.96. The maximum Gasteiger partial charge on any atom is 0.226 e. The maximum atomic E-state index is 4.25. The van der Waals surface area contributed by atoms with Crippen molar-refractivity contribution in [1.29, 1.82) is 0 Å². The average molecular weight is 192 g/mol. The molecule has 0 aromatic carbocycles. The Labute approximate surface area is 81.6 Å². The molecule has 0 radical (unpaired) electrons. The summed E-state index contributed by atoms with van der Waals surface area (Å²) in [7, 11) is 3.81. The largest absolute Gasteiger partial charge is 0.299 e. The molecular weight excluding hydrogens is 180 g/mol. The van der Waals surface area contributed by atoms with Crippen molar-refractivity contribution in [1.82, 2.24) is 25.0 Å². The second-order valence-electron chi connectivity index (χ2n) is 3.14. The van der Waals surface area contributed by atoms with Gasteiger partial charge in [0.2, 0.25) is 5.95 Å². The molecule has 14 heavy (non-hydrogen) atoms. The number of aromatic amines is 1. The standard InChI is InChI=1S/C8H12N6/c1-6-4-7(14(3)12-6)13(2)8-9-5-10-11-8/h4-5H,1-3H3,(H,9,10,11). The van der Waals surface area contributed by atoms with Crippen LogP contribution in [0.4, 0.5) is 11.8 Å². The molecule has 0 saturated carbocycles. The van der Waals surface area contributed by atoms with Crippen LogP contribution in [0.1, 0.15) is 5.69 Å². The molecule has 1 N–H and O–H groups in total. The minimum Gasteiger partial charge on any atom is -0.299 e. The van der Waals surface area contributed by atoms with Crippen molar-refractivity contribution in [3.8, 4) is 0 Å². The van der Waals surface area contributed by atoms with E-state index in [1.807, 2.05) is 32.0 Å². The van der Waals surface area contributed by atoms with E-state index in [1.54, 1.807) is 4.68 Å². The Bertz CT molecular complexity index is 415. The van der Waals surface area contributed by atoms with Crippen LogP contribution in [0, 0.1) is 6.92 Å². The van der Waals surface area contributed by atoms with Gasteiger partial charge < -0.3 is 0 Å². The van der Waals surface area contributed by atoms with Crippen molar-refractivity contribution in [3.05, 3.63) is 18.1 Å². The van der Waals surface area contributed by atoms with Gasteiger partial charge in [-0.1, -0.05) is 0 Å². The molecule has 0 aliphatic rings. The normalized spacial score (nSPS) is 10.5.